The van der Waals surface area contributed by atoms with E-state index in [2.05, 4.69) is 25.5 Å². The molecule has 2 aromatic heterocycles. The number of hydrogen-bond acceptors (Lipinski definition) is 8. The number of thioether (sulfide) groups is 1. The molecule has 0 bridgehead atoms. The normalized spacial score (nSPS) is 12.1. The highest BCUT2D eigenvalue weighted by Gasteiger charge is 2.23. The van der Waals surface area contributed by atoms with Crippen molar-refractivity contribution in [2.45, 2.75) is 19.0 Å². The lowest BCUT2D eigenvalue weighted by Gasteiger charge is -2.08. The number of carbonyl (C=O) groups excluding carboxylic acids is 1. The van der Waals surface area contributed by atoms with Crippen molar-refractivity contribution in [1.29, 1.82) is 0 Å². The third-order valence-electron chi connectivity index (χ3n) is 4.82. The van der Waals surface area contributed by atoms with Crippen LogP contribution in [-0.2, 0) is 9.53 Å². The van der Waals surface area contributed by atoms with E-state index in [1.54, 1.807) is 4.68 Å². The predicted octanol–water partition coefficient (Wildman–Crippen LogP) is 3.39. The zero-order valence-corrected chi connectivity index (χ0v) is 18.0. The van der Waals surface area contributed by atoms with Crippen LogP contribution in [0.25, 0.3) is 22.3 Å². The van der Waals surface area contributed by atoms with Crippen LogP contribution < -0.4 is 0 Å². The van der Waals surface area contributed by atoms with E-state index in [0.29, 0.717) is 10.7 Å². The van der Waals surface area contributed by atoms with Crippen LogP contribution >= 0.6 is 11.8 Å². The zero-order valence-electron chi connectivity index (χ0n) is 17.2. The van der Waals surface area contributed by atoms with Gasteiger partial charge in [-0.05, 0) is 59.7 Å². The molecule has 0 saturated heterocycles. The van der Waals surface area contributed by atoms with Crippen LogP contribution in [-0.4, -0.2) is 54.1 Å². The zero-order chi connectivity index (χ0) is 22.0. The SMILES string of the molecule is COC(=O)/C(=C(/O)CSc1nnnn1-c1ccc(C)c(C)c1)c1nc2ccccc2[nH]1. The fourth-order valence-electron chi connectivity index (χ4n) is 3.02. The number of esters is 1. The number of benzene rings is 2. The number of fused-ring (bicyclic) bond motifs is 1. The number of H-pyrrole nitrogens is 1. The van der Waals surface area contributed by atoms with Crippen molar-refractivity contribution in [3.8, 4) is 5.69 Å². The summed E-state index contributed by atoms with van der Waals surface area (Å²) in [6, 6.07) is 13.3. The van der Waals surface area contributed by atoms with E-state index < -0.39 is 5.97 Å². The van der Waals surface area contributed by atoms with Gasteiger partial charge in [0, 0.05) is 0 Å². The van der Waals surface area contributed by atoms with Gasteiger partial charge >= 0.3 is 5.97 Å². The molecule has 2 heterocycles. The molecule has 4 aromatic rings. The molecule has 31 heavy (non-hydrogen) atoms. The Morgan fingerprint density at radius 2 is 2.00 bits per heavy atom. The number of aromatic nitrogens is 6. The maximum Gasteiger partial charge on any atom is 0.345 e. The number of aliphatic hydroxyl groups excluding tert-OH is 1. The van der Waals surface area contributed by atoms with Gasteiger partial charge in [0.05, 0.1) is 29.6 Å². The van der Waals surface area contributed by atoms with Crippen LogP contribution in [0.3, 0.4) is 0 Å². The molecule has 158 valence electrons. The van der Waals surface area contributed by atoms with Gasteiger partial charge in [0.1, 0.15) is 17.2 Å². The summed E-state index contributed by atoms with van der Waals surface area (Å²) < 4.78 is 6.45. The Labute approximate surface area is 182 Å². The second-order valence-electron chi connectivity index (χ2n) is 6.85. The highest BCUT2D eigenvalue weighted by molar-refractivity contribution is 7.99. The van der Waals surface area contributed by atoms with Crippen LogP contribution in [0.1, 0.15) is 17.0 Å². The minimum atomic E-state index is -0.689. The van der Waals surface area contributed by atoms with Gasteiger partial charge in [0.15, 0.2) is 0 Å². The van der Waals surface area contributed by atoms with Crippen molar-refractivity contribution in [2.75, 3.05) is 12.9 Å². The van der Waals surface area contributed by atoms with Crippen molar-refractivity contribution in [2.24, 2.45) is 0 Å². The maximum absolute atomic E-state index is 12.4. The minimum Gasteiger partial charge on any atom is -0.510 e. The van der Waals surface area contributed by atoms with Crippen molar-refractivity contribution in [3.63, 3.8) is 0 Å². The Balaban J connectivity index is 1.64. The lowest BCUT2D eigenvalue weighted by atomic mass is 10.1. The summed E-state index contributed by atoms with van der Waals surface area (Å²) in [4.78, 5) is 19.8. The summed E-state index contributed by atoms with van der Waals surface area (Å²) in [6.45, 7) is 4.05. The number of imidazole rings is 1. The molecule has 0 fully saturated rings. The summed E-state index contributed by atoms with van der Waals surface area (Å²) in [5, 5.41) is 23.1. The number of hydrogen-bond donors (Lipinski definition) is 2. The molecule has 0 aliphatic rings. The summed E-state index contributed by atoms with van der Waals surface area (Å²) in [6.07, 6.45) is 0. The number of methoxy groups -OCH3 is 1. The van der Waals surface area contributed by atoms with Crippen molar-refractivity contribution in [1.82, 2.24) is 30.2 Å². The lowest BCUT2D eigenvalue weighted by molar-refractivity contribution is -0.133. The number of nitrogens with one attached hydrogen (secondary N) is 1. The molecule has 0 unspecified atom stereocenters. The van der Waals surface area contributed by atoms with Crippen molar-refractivity contribution < 1.29 is 14.6 Å². The standard InChI is InChI=1S/C21H20N6O3S/c1-12-8-9-14(10-13(12)2)27-21(24-25-26-27)31-11-17(28)18(20(29)30-3)19-22-15-6-4-5-7-16(15)23-19/h4-10,28H,11H2,1-3H3,(H,22,23)/b18-17+. The van der Waals surface area contributed by atoms with Crippen molar-refractivity contribution in [3.05, 3.63) is 65.2 Å². The molecule has 0 saturated carbocycles. The molecule has 0 amide bonds. The van der Waals surface area contributed by atoms with E-state index in [9.17, 15) is 9.90 Å². The van der Waals surface area contributed by atoms with Gasteiger partial charge in [0.2, 0.25) is 5.16 Å². The monoisotopic (exact) mass is 436 g/mol. The third kappa shape index (κ3) is 4.15. The van der Waals surface area contributed by atoms with Crippen LogP contribution in [0.15, 0.2) is 53.4 Å². The summed E-state index contributed by atoms with van der Waals surface area (Å²) >= 11 is 1.19. The topological polar surface area (TPSA) is 119 Å². The molecule has 4 rings (SSSR count). The number of aromatic amines is 1. The Hall–Kier alpha value is -3.66. The van der Waals surface area contributed by atoms with Gasteiger partial charge in [0.25, 0.3) is 0 Å². The van der Waals surface area contributed by atoms with E-state index in [1.165, 1.54) is 24.4 Å². The number of aryl methyl sites for hydroxylation is 2. The van der Waals surface area contributed by atoms with Gasteiger partial charge in [-0.3, -0.25) is 0 Å². The Morgan fingerprint density at radius 1 is 1.19 bits per heavy atom. The molecule has 0 aliphatic heterocycles. The molecular formula is C21H20N6O3S. The first-order chi connectivity index (χ1) is 15.0. The summed E-state index contributed by atoms with van der Waals surface area (Å²) in [5.41, 5.74) is 4.49. The molecule has 0 aliphatic carbocycles. The fraction of sp³-hybridized carbons (Fsp3) is 0.190. The maximum atomic E-state index is 12.4. The Kier molecular flexibility index (Phi) is 5.72. The largest absolute Gasteiger partial charge is 0.510 e. The Morgan fingerprint density at radius 3 is 2.74 bits per heavy atom. The van der Waals surface area contributed by atoms with Gasteiger partial charge in [-0.25, -0.2) is 9.78 Å². The number of tetrazole rings is 1. The smallest absolute Gasteiger partial charge is 0.345 e. The highest BCUT2D eigenvalue weighted by Crippen LogP contribution is 2.26. The number of carbonyl (C=O) groups is 1. The first kappa shape index (κ1) is 20.6. The number of aliphatic hydroxyl groups is 1. The number of ether oxygens (including phenoxy) is 1. The molecule has 0 atom stereocenters. The van der Waals surface area contributed by atoms with E-state index in [0.717, 1.165) is 16.8 Å². The van der Waals surface area contributed by atoms with E-state index in [-0.39, 0.29) is 22.9 Å². The van der Waals surface area contributed by atoms with Gasteiger partial charge in [-0.1, -0.05) is 30.0 Å². The predicted molar refractivity (Wildman–Crippen MR) is 117 cm³/mol. The minimum absolute atomic E-state index is 0.0311. The number of rotatable bonds is 6. The quantitative estimate of drug-likeness (QED) is 0.204. The molecule has 0 spiro atoms. The van der Waals surface area contributed by atoms with Crippen LogP contribution in [0, 0.1) is 13.8 Å². The molecule has 10 heteroatoms. The molecule has 2 N–H and O–H groups in total. The average molecular weight is 436 g/mol. The van der Waals surface area contributed by atoms with Crippen LogP contribution in [0.4, 0.5) is 0 Å². The molecule has 0 radical (unpaired) electrons. The second-order valence-corrected chi connectivity index (χ2v) is 7.79. The highest BCUT2D eigenvalue weighted by atomic mass is 32.2. The van der Waals surface area contributed by atoms with Gasteiger partial charge < -0.3 is 14.8 Å². The summed E-state index contributed by atoms with van der Waals surface area (Å²) in [7, 11) is 1.26. The molecule has 9 nitrogen and oxygen atoms in total. The lowest BCUT2D eigenvalue weighted by Crippen LogP contribution is -2.10. The summed E-state index contributed by atoms with van der Waals surface area (Å²) in [5.74, 6) is -0.594. The first-order valence-corrected chi connectivity index (χ1v) is 10.4. The van der Waals surface area contributed by atoms with Crippen LogP contribution in [0.5, 0.6) is 0 Å². The first-order valence-electron chi connectivity index (χ1n) is 9.42. The average Bonchev–Trinajstić information content (AvgIpc) is 3.41. The second kappa shape index (κ2) is 8.60. The van der Waals surface area contributed by atoms with Crippen LogP contribution in [0.2, 0.25) is 0 Å². The van der Waals surface area contributed by atoms with E-state index in [1.807, 2.05) is 56.3 Å². The fourth-order valence-corrected chi connectivity index (χ4v) is 3.79. The Bertz CT molecular complexity index is 1260. The van der Waals surface area contributed by atoms with Gasteiger partial charge in [-0.15, -0.1) is 5.10 Å². The molecular weight excluding hydrogens is 416 g/mol. The number of para-hydroxylation sites is 2. The number of nitrogens with zero attached hydrogens (tertiary/aromatic N) is 5. The van der Waals surface area contributed by atoms with Gasteiger partial charge in [-0.2, -0.15) is 4.68 Å². The van der Waals surface area contributed by atoms with Crippen molar-refractivity contribution >= 4 is 34.3 Å². The third-order valence-corrected chi connectivity index (χ3v) is 5.75. The van der Waals surface area contributed by atoms with E-state index >= 15 is 0 Å². The van der Waals surface area contributed by atoms with E-state index in [4.69, 9.17) is 4.74 Å². The molecule has 2 aromatic carbocycles.